The van der Waals surface area contributed by atoms with Crippen molar-refractivity contribution in [2.45, 2.75) is 0 Å². The zero-order chi connectivity index (χ0) is 17.0. The highest BCUT2D eigenvalue weighted by molar-refractivity contribution is 6.31. The topological polar surface area (TPSA) is 64.6 Å². The van der Waals surface area contributed by atoms with Crippen molar-refractivity contribution >= 4 is 40.0 Å². The molecule has 2 rings (SSSR count). The van der Waals surface area contributed by atoms with Crippen LogP contribution in [0.2, 0.25) is 5.02 Å². The van der Waals surface area contributed by atoms with Crippen LogP contribution in [-0.4, -0.2) is 19.0 Å². The van der Waals surface area contributed by atoms with Crippen molar-refractivity contribution in [3.63, 3.8) is 0 Å². The highest BCUT2D eigenvalue weighted by Gasteiger charge is 2.17. The summed E-state index contributed by atoms with van der Waals surface area (Å²) < 4.78 is 10.5. The maximum absolute atomic E-state index is 11.6. The molecular weight excluding hydrogens is 318 g/mol. The van der Waals surface area contributed by atoms with Gasteiger partial charge in [0.1, 0.15) is 5.75 Å². The second-order valence-electron chi connectivity index (χ2n) is 4.44. The fourth-order valence-electron chi connectivity index (χ4n) is 2.01. The first-order valence-corrected chi connectivity index (χ1v) is 7.00. The second kappa shape index (κ2) is 6.98. The van der Waals surface area contributed by atoms with E-state index < -0.39 is 11.9 Å². The van der Waals surface area contributed by atoms with Crippen molar-refractivity contribution in [3.8, 4) is 11.5 Å². The van der Waals surface area contributed by atoms with Gasteiger partial charge in [-0.1, -0.05) is 24.8 Å². The molecule has 0 saturated heterocycles. The molecule has 118 valence electrons. The Morgan fingerprint density at radius 2 is 1.74 bits per heavy atom. The van der Waals surface area contributed by atoms with Crippen LogP contribution in [0.15, 0.2) is 49.6 Å². The summed E-state index contributed by atoms with van der Waals surface area (Å²) in [6.45, 7) is 6.75. The molecule has 1 N–H and O–H groups in total. The van der Waals surface area contributed by atoms with Gasteiger partial charge in [0.2, 0.25) is 0 Å². The Bertz CT molecular complexity index is 814. The number of halogens is 1. The molecule has 0 spiro atoms. The van der Waals surface area contributed by atoms with Crippen LogP contribution >= 0.6 is 11.6 Å². The Kier molecular flexibility index (Phi) is 5.03. The summed E-state index contributed by atoms with van der Waals surface area (Å²) in [7, 11) is 1.65. The molecule has 0 aliphatic rings. The van der Waals surface area contributed by atoms with Gasteiger partial charge in [0.25, 0.3) is 0 Å². The third-order valence-electron chi connectivity index (χ3n) is 3.03. The SMILES string of the molecule is C=CC(=O)Oc1cc(NC)c(OC(=O)C=C)c2ccc(Cl)cc12. The molecule has 6 heteroatoms. The largest absolute Gasteiger partial charge is 0.423 e. The van der Waals surface area contributed by atoms with Crippen molar-refractivity contribution in [1.82, 2.24) is 0 Å². The summed E-state index contributed by atoms with van der Waals surface area (Å²) in [4.78, 5) is 23.1. The first-order valence-electron chi connectivity index (χ1n) is 6.62. The van der Waals surface area contributed by atoms with Crippen LogP contribution in [-0.2, 0) is 9.59 Å². The standard InChI is InChI=1S/C17H14ClNO4/c1-4-15(20)22-14-9-13(19-3)17(23-16(21)5-2)11-7-6-10(18)8-12(11)14/h4-9,19H,1-2H2,3H3. The van der Waals surface area contributed by atoms with E-state index in [4.69, 9.17) is 21.1 Å². The summed E-state index contributed by atoms with van der Waals surface area (Å²) in [5.74, 6) is -0.643. The van der Waals surface area contributed by atoms with Crippen LogP contribution in [0.1, 0.15) is 0 Å². The fraction of sp³-hybridized carbons (Fsp3) is 0.0588. The van der Waals surface area contributed by atoms with Gasteiger partial charge in [-0.3, -0.25) is 0 Å². The Hall–Kier alpha value is -2.79. The lowest BCUT2D eigenvalue weighted by atomic mass is 10.1. The number of carbonyl (C=O) groups excluding carboxylic acids is 2. The van der Waals surface area contributed by atoms with Crippen LogP contribution in [0.4, 0.5) is 5.69 Å². The number of ether oxygens (including phenoxy) is 2. The number of carbonyl (C=O) groups is 2. The molecule has 23 heavy (non-hydrogen) atoms. The Morgan fingerprint density at radius 1 is 1.09 bits per heavy atom. The first kappa shape index (κ1) is 16.6. The van der Waals surface area contributed by atoms with Crippen molar-refractivity contribution in [2.24, 2.45) is 0 Å². The molecule has 0 atom stereocenters. The van der Waals surface area contributed by atoms with Crippen LogP contribution in [0.5, 0.6) is 11.5 Å². The third kappa shape index (κ3) is 3.52. The monoisotopic (exact) mass is 331 g/mol. The normalized spacial score (nSPS) is 10.0. The number of rotatable bonds is 5. The van der Waals surface area contributed by atoms with Crippen molar-refractivity contribution in [2.75, 3.05) is 12.4 Å². The van der Waals surface area contributed by atoms with Gasteiger partial charge in [0.05, 0.1) is 5.69 Å². The van der Waals surface area contributed by atoms with E-state index in [1.54, 1.807) is 31.3 Å². The molecule has 2 aromatic carbocycles. The van der Waals surface area contributed by atoms with Crippen molar-refractivity contribution in [3.05, 3.63) is 54.6 Å². The molecule has 0 aliphatic carbocycles. The van der Waals surface area contributed by atoms with Crippen LogP contribution in [0.3, 0.4) is 0 Å². The maximum Gasteiger partial charge on any atom is 0.335 e. The predicted octanol–water partition coefficient (Wildman–Crippen LogP) is 3.72. The summed E-state index contributed by atoms with van der Waals surface area (Å²) in [5.41, 5.74) is 0.474. The zero-order valence-corrected chi connectivity index (χ0v) is 13.1. The highest BCUT2D eigenvalue weighted by Crippen LogP contribution is 2.41. The summed E-state index contributed by atoms with van der Waals surface area (Å²) in [6.07, 6.45) is 2.12. The van der Waals surface area contributed by atoms with Gasteiger partial charge in [-0.2, -0.15) is 0 Å². The van der Waals surface area contributed by atoms with E-state index in [2.05, 4.69) is 18.5 Å². The van der Waals surface area contributed by atoms with Crippen LogP contribution < -0.4 is 14.8 Å². The van der Waals surface area contributed by atoms with Gasteiger partial charge in [-0.05, 0) is 18.2 Å². The van der Waals surface area contributed by atoms with Gasteiger partial charge in [0.15, 0.2) is 5.75 Å². The molecular formula is C17H14ClNO4. The Morgan fingerprint density at radius 3 is 2.35 bits per heavy atom. The minimum atomic E-state index is -0.607. The summed E-state index contributed by atoms with van der Waals surface area (Å²) in [5, 5.41) is 4.44. The molecule has 0 unspecified atom stereocenters. The van der Waals surface area contributed by atoms with Gasteiger partial charge in [-0.15, -0.1) is 0 Å². The Balaban J connectivity index is 2.73. The average Bonchev–Trinajstić information content (AvgIpc) is 2.56. The smallest absolute Gasteiger partial charge is 0.335 e. The maximum atomic E-state index is 11.6. The van der Waals surface area contributed by atoms with E-state index in [1.165, 1.54) is 0 Å². The molecule has 0 amide bonds. The molecule has 0 aliphatic heterocycles. The number of nitrogens with one attached hydrogen (secondary N) is 1. The molecule has 0 aromatic heterocycles. The minimum absolute atomic E-state index is 0.273. The number of hydrogen-bond donors (Lipinski definition) is 1. The van der Waals surface area contributed by atoms with Crippen molar-refractivity contribution < 1.29 is 19.1 Å². The van der Waals surface area contributed by atoms with E-state index >= 15 is 0 Å². The lowest BCUT2D eigenvalue weighted by Gasteiger charge is -2.15. The highest BCUT2D eigenvalue weighted by atomic mass is 35.5. The van der Waals surface area contributed by atoms with E-state index in [0.29, 0.717) is 27.2 Å². The first-order chi connectivity index (χ1) is 11.0. The molecule has 2 aromatic rings. The van der Waals surface area contributed by atoms with Gasteiger partial charge in [-0.25, -0.2) is 9.59 Å². The molecule has 5 nitrogen and oxygen atoms in total. The third-order valence-corrected chi connectivity index (χ3v) is 3.26. The molecule has 0 saturated carbocycles. The number of esters is 2. The van der Waals surface area contributed by atoms with Crippen LogP contribution in [0, 0.1) is 0 Å². The second-order valence-corrected chi connectivity index (χ2v) is 4.88. The number of hydrogen-bond acceptors (Lipinski definition) is 5. The quantitative estimate of drug-likeness (QED) is 0.514. The zero-order valence-electron chi connectivity index (χ0n) is 12.4. The number of fused-ring (bicyclic) bond motifs is 1. The summed E-state index contributed by atoms with van der Waals surface area (Å²) >= 11 is 6.02. The Labute approximate surface area is 138 Å². The van der Waals surface area contributed by atoms with E-state index in [9.17, 15) is 9.59 Å². The van der Waals surface area contributed by atoms with E-state index in [0.717, 1.165) is 12.2 Å². The number of anilines is 1. The lowest BCUT2D eigenvalue weighted by molar-refractivity contribution is -0.129. The van der Waals surface area contributed by atoms with E-state index in [-0.39, 0.29) is 5.75 Å². The van der Waals surface area contributed by atoms with Gasteiger partial charge in [0, 0.05) is 41.1 Å². The molecule has 0 heterocycles. The van der Waals surface area contributed by atoms with Gasteiger partial charge < -0.3 is 14.8 Å². The van der Waals surface area contributed by atoms with Crippen molar-refractivity contribution in [1.29, 1.82) is 0 Å². The minimum Gasteiger partial charge on any atom is -0.423 e. The lowest BCUT2D eigenvalue weighted by Crippen LogP contribution is -2.08. The molecule has 0 fully saturated rings. The average molecular weight is 332 g/mol. The number of benzene rings is 2. The molecule has 0 radical (unpaired) electrons. The fourth-order valence-corrected chi connectivity index (χ4v) is 2.18. The predicted molar refractivity (Wildman–Crippen MR) is 90.2 cm³/mol. The summed E-state index contributed by atoms with van der Waals surface area (Å²) in [6, 6.07) is 6.49. The van der Waals surface area contributed by atoms with Crippen LogP contribution in [0.25, 0.3) is 10.8 Å². The van der Waals surface area contributed by atoms with E-state index in [1.807, 2.05) is 0 Å². The van der Waals surface area contributed by atoms with Gasteiger partial charge >= 0.3 is 11.9 Å². The molecule has 0 bridgehead atoms.